The lowest BCUT2D eigenvalue weighted by molar-refractivity contribution is 0.479. The van der Waals surface area contributed by atoms with Crippen LogP contribution in [-0.4, -0.2) is 6.54 Å². The van der Waals surface area contributed by atoms with Crippen LogP contribution in [0.4, 0.5) is 0 Å². The van der Waals surface area contributed by atoms with Crippen LogP contribution in [0.5, 0.6) is 11.5 Å². The summed E-state index contributed by atoms with van der Waals surface area (Å²) in [7, 11) is 0. The van der Waals surface area contributed by atoms with Crippen molar-refractivity contribution in [3.8, 4) is 11.5 Å². The molecule has 2 aromatic carbocycles. The Labute approximate surface area is 129 Å². The second-order valence-corrected chi connectivity index (χ2v) is 5.40. The fourth-order valence-corrected chi connectivity index (χ4v) is 2.32. The molecule has 2 aromatic rings. The summed E-state index contributed by atoms with van der Waals surface area (Å²) in [6.45, 7) is 5.76. The second kappa shape index (κ2) is 6.98. The molecule has 0 aliphatic carbocycles. The number of ether oxygens (including phenoxy) is 1. The summed E-state index contributed by atoms with van der Waals surface area (Å²) in [6.07, 6.45) is 0. The van der Waals surface area contributed by atoms with Crippen LogP contribution in [-0.2, 0) is 6.54 Å². The molecule has 0 spiro atoms. The van der Waals surface area contributed by atoms with Gasteiger partial charge in [-0.05, 0) is 54.9 Å². The molecular weight excluding hydrogens is 293 g/mol. The molecule has 4 heteroatoms. The Kier molecular flexibility index (Phi) is 5.30. The van der Waals surface area contributed by atoms with Crippen molar-refractivity contribution in [3.63, 3.8) is 0 Å². The number of nitrogens with one attached hydrogen (secondary N) is 1. The zero-order chi connectivity index (χ0) is 14.5. The lowest BCUT2D eigenvalue weighted by atomic mass is 10.2. The van der Waals surface area contributed by atoms with Gasteiger partial charge in [0.25, 0.3) is 0 Å². The Morgan fingerprint density at radius 1 is 1.05 bits per heavy atom. The molecule has 0 amide bonds. The van der Waals surface area contributed by atoms with Crippen LogP contribution in [0.2, 0.25) is 10.0 Å². The van der Waals surface area contributed by atoms with Crippen molar-refractivity contribution < 1.29 is 4.74 Å². The molecule has 1 N–H and O–H groups in total. The molecule has 0 unspecified atom stereocenters. The van der Waals surface area contributed by atoms with E-state index < -0.39 is 0 Å². The zero-order valence-corrected chi connectivity index (χ0v) is 13.1. The Morgan fingerprint density at radius 2 is 1.80 bits per heavy atom. The van der Waals surface area contributed by atoms with E-state index in [9.17, 15) is 0 Å². The van der Waals surface area contributed by atoms with E-state index >= 15 is 0 Å². The highest BCUT2D eigenvalue weighted by Crippen LogP contribution is 2.32. The largest absolute Gasteiger partial charge is 0.456 e. The van der Waals surface area contributed by atoms with Gasteiger partial charge >= 0.3 is 0 Å². The van der Waals surface area contributed by atoms with E-state index in [0.717, 1.165) is 30.0 Å². The van der Waals surface area contributed by atoms with Gasteiger partial charge in [0.2, 0.25) is 0 Å². The van der Waals surface area contributed by atoms with Gasteiger partial charge in [-0.15, -0.1) is 0 Å². The summed E-state index contributed by atoms with van der Waals surface area (Å²) in [5.74, 6) is 1.41. The summed E-state index contributed by atoms with van der Waals surface area (Å²) < 4.78 is 5.84. The van der Waals surface area contributed by atoms with Gasteiger partial charge in [0.1, 0.15) is 11.5 Å². The van der Waals surface area contributed by atoms with E-state index in [-0.39, 0.29) is 0 Å². The van der Waals surface area contributed by atoms with E-state index in [1.807, 2.05) is 37.3 Å². The molecule has 0 saturated heterocycles. The molecule has 106 valence electrons. The number of halogens is 2. The predicted molar refractivity (Wildman–Crippen MR) is 85.1 cm³/mol. The molecule has 0 atom stereocenters. The van der Waals surface area contributed by atoms with Crippen LogP contribution >= 0.6 is 23.2 Å². The van der Waals surface area contributed by atoms with Crippen molar-refractivity contribution >= 4 is 23.2 Å². The van der Waals surface area contributed by atoms with Crippen molar-refractivity contribution in [2.45, 2.75) is 20.4 Å². The van der Waals surface area contributed by atoms with Gasteiger partial charge < -0.3 is 10.1 Å². The smallest absolute Gasteiger partial charge is 0.146 e. The lowest BCUT2D eigenvalue weighted by Gasteiger charge is -2.11. The summed E-state index contributed by atoms with van der Waals surface area (Å²) in [5, 5.41) is 4.56. The molecule has 0 radical (unpaired) electrons. The molecule has 0 heterocycles. The van der Waals surface area contributed by atoms with Crippen molar-refractivity contribution in [2.24, 2.45) is 0 Å². The topological polar surface area (TPSA) is 21.3 Å². The van der Waals surface area contributed by atoms with Crippen LogP contribution in [0.1, 0.15) is 18.1 Å². The van der Waals surface area contributed by atoms with Gasteiger partial charge in [0.15, 0.2) is 0 Å². The first-order chi connectivity index (χ1) is 9.60. The van der Waals surface area contributed by atoms with Gasteiger partial charge in [0.05, 0.1) is 5.02 Å². The van der Waals surface area contributed by atoms with Crippen molar-refractivity contribution in [2.75, 3.05) is 6.54 Å². The lowest BCUT2D eigenvalue weighted by Crippen LogP contribution is -2.11. The van der Waals surface area contributed by atoms with E-state index in [0.29, 0.717) is 15.8 Å². The third-order valence-corrected chi connectivity index (χ3v) is 3.46. The van der Waals surface area contributed by atoms with E-state index in [1.165, 1.54) is 0 Å². The summed E-state index contributed by atoms with van der Waals surface area (Å²) in [6, 6.07) is 11.3. The minimum atomic E-state index is 0.606. The highest BCUT2D eigenvalue weighted by molar-refractivity contribution is 6.32. The third kappa shape index (κ3) is 3.89. The maximum atomic E-state index is 6.26. The Bertz CT molecular complexity index is 599. The number of hydrogen-bond acceptors (Lipinski definition) is 2. The van der Waals surface area contributed by atoms with Gasteiger partial charge in [-0.25, -0.2) is 0 Å². The number of benzene rings is 2. The minimum Gasteiger partial charge on any atom is -0.456 e. The standard InChI is InChI=1S/C16H17Cl2NO/c1-3-19-10-12-4-6-16(14(18)9-12)20-15-7-5-13(17)8-11(15)2/h4-9,19H,3,10H2,1-2H3. The highest BCUT2D eigenvalue weighted by Gasteiger charge is 2.07. The maximum absolute atomic E-state index is 6.26. The number of rotatable bonds is 5. The predicted octanol–water partition coefficient (Wildman–Crippen LogP) is 5.20. The van der Waals surface area contributed by atoms with Crippen LogP contribution in [0, 0.1) is 6.92 Å². The van der Waals surface area contributed by atoms with Gasteiger partial charge in [-0.1, -0.05) is 36.2 Å². The van der Waals surface area contributed by atoms with Crippen molar-refractivity contribution in [1.82, 2.24) is 5.32 Å². The van der Waals surface area contributed by atoms with E-state index in [2.05, 4.69) is 12.2 Å². The Hall–Kier alpha value is -1.22. The third-order valence-electron chi connectivity index (χ3n) is 2.93. The number of hydrogen-bond donors (Lipinski definition) is 1. The molecule has 0 bridgehead atoms. The summed E-state index contributed by atoms with van der Waals surface area (Å²) in [5.41, 5.74) is 2.11. The van der Waals surface area contributed by atoms with Crippen molar-refractivity contribution in [3.05, 3.63) is 57.6 Å². The summed E-state index contributed by atoms with van der Waals surface area (Å²) in [4.78, 5) is 0. The molecular formula is C16H17Cl2NO. The Balaban J connectivity index is 2.17. The number of aryl methyl sites for hydroxylation is 1. The SMILES string of the molecule is CCNCc1ccc(Oc2ccc(Cl)cc2C)c(Cl)c1. The average molecular weight is 310 g/mol. The quantitative estimate of drug-likeness (QED) is 0.819. The normalized spacial score (nSPS) is 10.6. The molecule has 0 aromatic heterocycles. The fraction of sp³-hybridized carbons (Fsp3) is 0.250. The molecule has 0 aliphatic heterocycles. The molecule has 2 rings (SSSR count). The van der Waals surface area contributed by atoms with Gasteiger partial charge in [0, 0.05) is 11.6 Å². The molecule has 20 heavy (non-hydrogen) atoms. The molecule has 0 saturated carbocycles. The first-order valence-electron chi connectivity index (χ1n) is 6.53. The molecule has 0 fully saturated rings. The van der Waals surface area contributed by atoms with Crippen LogP contribution in [0.25, 0.3) is 0 Å². The fourth-order valence-electron chi connectivity index (χ4n) is 1.85. The van der Waals surface area contributed by atoms with Crippen LogP contribution < -0.4 is 10.1 Å². The minimum absolute atomic E-state index is 0.606. The van der Waals surface area contributed by atoms with Crippen LogP contribution in [0.15, 0.2) is 36.4 Å². The van der Waals surface area contributed by atoms with Crippen LogP contribution in [0.3, 0.4) is 0 Å². The Morgan fingerprint density at radius 3 is 2.45 bits per heavy atom. The first-order valence-corrected chi connectivity index (χ1v) is 7.29. The first kappa shape index (κ1) is 15.2. The monoisotopic (exact) mass is 309 g/mol. The zero-order valence-electron chi connectivity index (χ0n) is 11.5. The van der Waals surface area contributed by atoms with Crippen molar-refractivity contribution in [1.29, 1.82) is 0 Å². The van der Waals surface area contributed by atoms with Gasteiger partial charge in [-0.2, -0.15) is 0 Å². The average Bonchev–Trinajstić information content (AvgIpc) is 2.42. The molecule has 2 nitrogen and oxygen atoms in total. The summed E-state index contributed by atoms with van der Waals surface area (Å²) >= 11 is 12.2. The molecule has 0 aliphatic rings. The highest BCUT2D eigenvalue weighted by atomic mass is 35.5. The second-order valence-electron chi connectivity index (χ2n) is 4.56. The van der Waals surface area contributed by atoms with E-state index in [1.54, 1.807) is 6.07 Å². The maximum Gasteiger partial charge on any atom is 0.146 e. The van der Waals surface area contributed by atoms with Gasteiger partial charge in [-0.3, -0.25) is 0 Å². The van der Waals surface area contributed by atoms with E-state index in [4.69, 9.17) is 27.9 Å².